The maximum absolute atomic E-state index is 13.5. The highest BCUT2D eigenvalue weighted by atomic mass is 35.5. The Labute approximate surface area is 197 Å². The molecule has 1 aromatic carbocycles. The van der Waals surface area contributed by atoms with E-state index in [0.29, 0.717) is 16.9 Å². The standard InChI is InChI=1S/C25H26Cl2N2O3/c1-15(22(30)29-21-20(27)8-19(26)13-28-21)32-23(31)25-11-16-7-17(12-25)10-24(9-16,14-25)18-5-3-2-4-6-18/h2-6,8,13,15-17H,7,9-12,14H2,1H3,(H,28,29,30)/t15-,16+,17+,24?,25?/m0/s1. The number of ether oxygens (including phenoxy) is 1. The Morgan fingerprint density at radius 1 is 1.12 bits per heavy atom. The summed E-state index contributed by atoms with van der Waals surface area (Å²) in [4.78, 5) is 30.2. The average Bonchev–Trinajstić information content (AvgIpc) is 2.75. The zero-order valence-electron chi connectivity index (χ0n) is 17.9. The first-order valence-electron chi connectivity index (χ1n) is 11.2. The minimum absolute atomic E-state index is 0.0383. The normalized spacial score (nSPS) is 31.2. The van der Waals surface area contributed by atoms with Crippen molar-refractivity contribution in [3.8, 4) is 0 Å². The number of amides is 1. The molecule has 4 fully saturated rings. The van der Waals surface area contributed by atoms with E-state index in [4.69, 9.17) is 27.9 Å². The van der Waals surface area contributed by atoms with Gasteiger partial charge in [-0.05, 0) is 74.3 Å². The third-order valence-corrected chi connectivity index (χ3v) is 8.08. The Balaban J connectivity index is 1.32. The van der Waals surface area contributed by atoms with E-state index in [1.165, 1.54) is 24.2 Å². The predicted molar refractivity (Wildman–Crippen MR) is 124 cm³/mol. The number of pyridine rings is 1. The van der Waals surface area contributed by atoms with Crippen LogP contribution >= 0.6 is 23.2 Å². The van der Waals surface area contributed by atoms with E-state index in [0.717, 1.165) is 32.1 Å². The van der Waals surface area contributed by atoms with Crippen molar-refractivity contribution in [3.63, 3.8) is 0 Å². The fraction of sp³-hybridized carbons (Fsp3) is 0.480. The molecule has 4 saturated carbocycles. The second kappa shape index (κ2) is 8.03. The SMILES string of the molecule is C[C@H](OC(=O)C12C[C@@H]3C[C@@H](C1)CC(c1ccccc1)(C3)C2)C(=O)Nc1ncc(Cl)cc1Cl. The highest BCUT2D eigenvalue weighted by Gasteiger charge is 2.61. The Morgan fingerprint density at radius 2 is 1.81 bits per heavy atom. The molecule has 7 heteroatoms. The fourth-order valence-corrected chi connectivity index (χ4v) is 7.12. The maximum Gasteiger partial charge on any atom is 0.312 e. The number of nitrogens with one attached hydrogen (secondary N) is 1. The average molecular weight is 473 g/mol. The summed E-state index contributed by atoms with van der Waals surface area (Å²) in [5.41, 5.74) is 0.863. The van der Waals surface area contributed by atoms with Crippen LogP contribution in [0.3, 0.4) is 0 Å². The summed E-state index contributed by atoms with van der Waals surface area (Å²) >= 11 is 12.0. The van der Waals surface area contributed by atoms with Gasteiger partial charge in [0.05, 0.1) is 15.5 Å². The first-order chi connectivity index (χ1) is 15.3. The molecule has 0 unspecified atom stereocenters. The molecular formula is C25H26Cl2N2O3. The van der Waals surface area contributed by atoms with E-state index in [9.17, 15) is 9.59 Å². The number of anilines is 1. The van der Waals surface area contributed by atoms with Crippen LogP contribution in [-0.2, 0) is 19.7 Å². The third kappa shape index (κ3) is 3.80. The van der Waals surface area contributed by atoms with E-state index < -0.39 is 17.4 Å². The van der Waals surface area contributed by atoms with E-state index in [2.05, 4.69) is 34.6 Å². The largest absolute Gasteiger partial charge is 0.452 e. The lowest BCUT2D eigenvalue weighted by molar-refractivity contribution is -0.180. The zero-order valence-corrected chi connectivity index (χ0v) is 19.5. The van der Waals surface area contributed by atoms with Gasteiger partial charge < -0.3 is 10.1 Å². The van der Waals surface area contributed by atoms with Gasteiger partial charge in [-0.15, -0.1) is 0 Å². The lowest BCUT2D eigenvalue weighted by Crippen LogP contribution is -2.57. The molecule has 3 atom stereocenters. The van der Waals surface area contributed by atoms with Gasteiger partial charge in [-0.1, -0.05) is 53.5 Å². The lowest BCUT2D eigenvalue weighted by atomic mass is 9.43. The van der Waals surface area contributed by atoms with Crippen LogP contribution in [0.5, 0.6) is 0 Å². The van der Waals surface area contributed by atoms with Crippen molar-refractivity contribution in [2.45, 2.75) is 57.0 Å². The number of benzene rings is 1. The summed E-state index contributed by atoms with van der Waals surface area (Å²) in [6, 6.07) is 12.1. The number of hydrogen-bond acceptors (Lipinski definition) is 4. The molecule has 0 spiro atoms. The van der Waals surface area contributed by atoms with Gasteiger partial charge in [-0.3, -0.25) is 9.59 Å². The monoisotopic (exact) mass is 472 g/mol. The molecule has 1 amide bonds. The Kier molecular flexibility index (Phi) is 5.45. The molecule has 32 heavy (non-hydrogen) atoms. The van der Waals surface area contributed by atoms with Crippen LogP contribution in [-0.4, -0.2) is 23.0 Å². The van der Waals surface area contributed by atoms with Crippen LogP contribution in [0, 0.1) is 17.3 Å². The van der Waals surface area contributed by atoms with E-state index in [1.54, 1.807) is 6.92 Å². The van der Waals surface area contributed by atoms with Gasteiger partial charge in [-0.2, -0.15) is 0 Å². The van der Waals surface area contributed by atoms with Gasteiger partial charge in [0.2, 0.25) is 0 Å². The second-order valence-corrected chi connectivity index (χ2v) is 10.8. The number of halogens is 2. The minimum Gasteiger partial charge on any atom is -0.452 e. The molecule has 4 bridgehead atoms. The first kappa shape index (κ1) is 21.7. The van der Waals surface area contributed by atoms with Gasteiger partial charge in [-0.25, -0.2) is 4.98 Å². The molecule has 1 aromatic heterocycles. The van der Waals surface area contributed by atoms with Crippen molar-refractivity contribution >= 4 is 40.9 Å². The van der Waals surface area contributed by atoms with Gasteiger partial charge >= 0.3 is 5.97 Å². The second-order valence-electron chi connectivity index (χ2n) is 9.91. The van der Waals surface area contributed by atoms with E-state index >= 15 is 0 Å². The smallest absolute Gasteiger partial charge is 0.312 e. The van der Waals surface area contributed by atoms with Crippen LogP contribution in [0.15, 0.2) is 42.6 Å². The Bertz CT molecular complexity index is 1040. The minimum atomic E-state index is -0.947. The Hall–Kier alpha value is -2.11. The summed E-state index contributed by atoms with van der Waals surface area (Å²) < 4.78 is 5.77. The molecule has 0 saturated heterocycles. The molecule has 2 aromatic rings. The number of carbonyl (C=O) groups excluding carboxylic acids is 2. The fourth-order valence-electron chi connectivity index (χ4n) is 6.69. The van der Waals surface area contributed by atoms with Crippen molar-refractivity contribution in [2.75, 3.05) is 5.32 Å². The lowest BCUT2D eigenvalue weighted by Gasteiger charge is -2.61. The molecular weight excluding hydrogens is 447 g/mol. The van der Waals surface area contributed by atoms with Crippen LogP contribution in [0.1, 0.15) is 51.0 Å². The van der Waals surface area contributed by atoms with E-state index in [-0.39, 0.29) is 22.2 Å². The number of esters is 1. The van der Waals surface area contributed by atoms with Crippen molar-refractivity contribution < 1.29 is 14.3 Å². The molecule has 1 N–H and O–H groups in total. The molecule has 0 radical (unpaired) electrons. The van der Waals surface area contributed by atoms with Gasteiger partial charge in [0.15, 0.2) is 11.9 Å². The Morgan fingerprint density at radius 3 is 2.47 bits per heavy atom. The summed E-state index contributed by atoms with van der Waals surface area (Å²) in [6.07, 6.45) is 6.44. The van der Waals surface area contributed by atoms with Crippen molar-refractivity contribution in [2.24, 2.45) is 17.3 Å². The molecule has 4 aliphatic rings. The first-order valence-corrected chi connectivity index (χ1v) is 11.9. The highest BCUT2D eigenvalue weighted by Crippen LogP contribution is 2.66. The number of nitrogens with zero attached hydrogens (tertiary/aromatic N) is 1. The van der Waals surface area contributed by atoms with Crippen molar-refractivity contribution in [3.05, 3.63) is 58.2 Å². The quantitative estimate of drug-likeness (QED) is 0.558. The third-order valence-electron chi connectivity index (χ3n) is 7.58. The molecule has 6 rings (SSSR count). The van der Waals surface area contributed by atoms with Crippen LogP contribution in [0.2, 0.25) is 10.0 Å². The van der Waals surface area contributed by atoms with Crippen LogP contribution < -0.4 is 5.32 Å². The summed E-state index contributed by atoms with van der Waals surface area (Å²) in [6.45, 7) is 1.59. The van der Waals surface area contributed by atoms with Crippen LogP contribution in [0.4, 0.5) is 5.82 Å². The summed E-state index contributed by atoms with van der Waals surface area (Å²) in [7, 11) is 0. The highest BCUT2D eigenvalue weighted by molar-refractivity contribution is 6.36. The number of carbonyl (C=O) groups is 2. The topological polar surface area (TPSA) is 68.3 Å². The van der Waals surface area contributed by atoms with Gasteiger partial charge in [0, 0.05) is 6.20 Å². The molecule has 4 aliphatic carbocycles. The van der Waals surface area contributed by atoms with Gasteiger partial charge in [0.25, 0.3) is 5.91 Å². The predicted octanol–water partition coefficient (Wildman–Crippen LogP) is 5.80. The molecule has 168 valence electrons. The zero-order chi connectivity index (χ0) is 22.5. The van der Waals surface area contributed by atoms with Crippen molar-refractivity contribution in [1.82, 2.24) is 4.98 Å². The summed E-state index contributed by atoms with van der Waals surface area (Å²) in [5.74, 6) is 0.555. The molecule has 5 nitrogen and oxygen atoms in total. The molecule has 0 aliphatic heterocycles. The van der Waals surface area contributed by atoms with Gasteiger partial charge in [0.1, 0.15) is 0 Å². The number of aromatic nitrogens is 1. The number of hydrogen-bond donors (Lipinski definition) is 1. The summed E-state index contributed by atoms with van der Waals surface area (Å²) in [5, 5.41) is 3.24. The van der Waals surface area contributed by atoms with E-state index in [1.807, 2.05) is 6.07 Å². The maximum atomic E-state index is 13.5. The van der Waals surface area contributed by atoms with Crippen molar-refractivity contribution in [1.29, 1.82) is 0 Å². The van der Waals surface area contributed by atoms with Crippen LogP contribution in [0.25, 0.3) is 0 Å². The molecule has 1 heterocycles. The number of rotatable bonds is 5.